The molecule has 2 aromatic carbocycles. The van der Waals surface area contributed by atoms with Crippen molar-refractivity contribution in [3.63, 3.8) is 0 Å². The second kappa shape index (κ2) is 8.71. The van der Waals surface area contributed by atoms with Crippen LogP contribution in [0.5, 0.6) is 5.75 Å². The molecular weight excluding hydrogens is 282 g/mol. The minimum Gasteiger partial charge on any atom is -0.494 e. The van der Waals surface area contributed by atoms with E-state index >= 15 is 0 Å². The maximum Gasteiger partial charge on any atom is 0.119 e. The molecule has 0 atom stereocenters. The van der Waals surface area contributed by atoms with Crippen molar-refractivity contribution >= 4 is 11.6 Å². The maximum atomic E-state index is 5.84. The number of benzene rings is 2. The number of hydrogen-bond acceptors (Lipinski definition) is 2. The van der Waals surface area contributed by atoms with E-state index in [0.29, 0.717) is 0 Å². The van der Waals surface area contributed by atoms with Gasteiger partial charge in [0.2, 0.25) is 0 Å². The van der Waals surface area contributed by atoms with E-state index in [9.17, 15) is 0 Å². The van der Waals surface area contributed by atoms with E-state index in [1.807, 2.05) is 24.3 Å². The maximum absolute atomic E-state index is 5.84. The molecule has 21 heavy (non-hydrogen) atoms. The van der Waals surface area contributed by atoms with Crippen molar-refractivity contribution in [3.05, 3.63) is 65.2 Å². The van der Waals surface area contributed by atoms with Gasteiger partial charge in [-0.1, -0.05) is 41.9 Å². The van der Waals surface area contributed by atoms with E-state index in [2.05, 4.69) is 42.3 Å². The number of hydrogen-bond donors (Lipinski definition) is 0. The molecule has 0 saturated carbocycles. The molecule has 0 aliphatic rings. The minimum absolute atomic E-state index is 0.741. The van der Waals surface area contributed by atoms with Crippen LogP contribution in [-0.4, -0.2) is 25.1 Å². The molecule has 0 unspecified atom stereocenters. The molecule has 3 heteroatoms. The first kappa shape index (κ1) is 15.9. The van der Waals surface area contributed by atoms with Gasteiger partial charge in [0.15, 0.2) is 0 Å². The summed E-state index contributed by atoms with van der Waals surface area (Å²) in [7, 11) is 2.16. The van der Waals surface area contributed by atoms with Crippen molar-refractivity contribution in [1.29, 1.82) is 0 Å². The first-order valence-electron chi connectivity index (χ1n) is 7.35. The highest BCUT2D eigenvalue weighted by molar-refractivity contribution is 6.30. The van der Waals surface area contributed by atoms with Crippen molar-refractivity contribution in [2.45, 2.75) is 19.4 Å². The Balaban J connectivity index is 1.58. The van der Waals surface area contributed by atoms with Crippen molar-refractivity contribution in [2.24, 2.45) is 0 Å². The Morgan fingerprint density at radius 3 is 2.38 bits per heavy atom. The van der Waals surface area contributed by atoms with Crippen LogP contribution < -0.4 is 4.74 Å². The number of unbranched alkanes of at least 4 members (excludes halogenated alkanes) is 1. The molecule has 2 aromatic rings. The third kappa shape index (κ3) is 6.19. The molecule has 0 aromatic heterocycles. The lowest BCUT2D eigenvalue weighted by Gasteiger charge is -2.16. The van der Waals surface area contributed by atoms with Gasteiger partial charge in [-0.2, -0.15) is 0 Å². The lowest BCUT2D eigenvalue weighted by Crippen LogP contribution is -2.19. The second-order valence-corrected chi connectivity index (χ2v) is 5.67. The number of halogens is 1. The molecule has 0 N–H and O–H groups in total. The van der Waals surface area contributed by atoms with Gasteiger partial charge in [0, 0.05) is 11.6 Å². The summed E-state index contributed by atoms with van der Waals surface area (Å²) in [6.45, 7) is 2.83. The Kier molecular flexibility index (Phi) is 6.58. The smallest absolute Gasteiger partial charge is 0.119 e. The minimum atomic E-state index is 0.741. The van der Waals surface area contributed by atoms with Crippen LogP contribution in [0.3, 0.4) is 0 Å². The van der Waals surface area contributed by atoms with Gasteiger partial charge in [-0.15, -0.1) is 0 Å². The molecule has 0 spiro atoms. The molecule has 2 nitrogen and oxygen atoms in total. The fraction of sp³-hybridized carbons (Fsp3) is 0.333. The topological polar surface area (TPSA) is 12.5 Å². The van der Waals surface area contributed by atoms with E-state index < -0.39 is 0 Å². The Hall–Kier alpha value is -1.51. The van der Waals surface area contributed by atoms with Crippen LogP contribution in [0.2, 0.25) is 5.02 Å². The highest BCUT2D eigenvalue weighted by atomic mass is 35.5. The van der Waals surface area contributed by atoms with Gasteiger partial charge in [-0.25, -0.2) is 0 Å². The molecule has 0 radical (unpaired) electrons. The summed E-state index contributed by atoms with van der Waals surface area (Å²) in [5, 5.41) is 0.741. The Morgan fingerprint density at radius 1 is 0.952 bits per heavy atom. The van der Waals surface area contributed by atoms with Crippen molar-refractivity contribution in [2.75, 3.05) is 20.2 Å². The van der Waals surface area contributed by atoms with Gasteiger partial charge in [0.05, 0.1) is 6.61 Å². The fourth-order valence-corrected chi connectivity index (χ4v) is 2.30. The highest BCUT2D eigenvalue weighted by Gasteiger charge is 2.00. The van der Waals surface area contributed by atoms with Gasteiger partial charge in [0.1, 0.15) is 5.75 Å². The normalized spacial score (nSPS) is 10.8. The molecule has 0 aliphatic carbocycles. The third-order valence-corrected chi connectivity index (χ3v) is 3.56. The Bertz CT molecular complexity index is 513. The zero-order valence-corrected chi connectivity index (χ0v) is 13.2. The largest absolute Gasteiger partial charge is 0.494 e. The van der Waals surface area contributed by atoms with Crippen LogP contribution in [0.25, 0.3) is 0 Å². The fourth-order valence-electron chi connectivity index (χ4n) is 2.18. The Labute approximate surface area is 132 Å². The summed E-state index contributed by atoms with van der Waals surface area (Å²) in [6.07, 6.45) is 2.19. The Morgan fingerprint density at radius 2 is 1.67 bits per heavy atom. The van der Waals surface area contributed by atoms with E-state index in [1.54, 1.807) is 0 Å². The zero-order chi connectivity index (χ0) is 14.9. The average Bonchev–Trinajstić information content (AvgIpc) is 2.50. The summed E-state index contributed by atoms with van der Waals surface area (Å²) >= 11 is 5.84. The summed E-state index contributed by atoms with van der Waals surface area (Å²) in [4.78, 5) is 2.34. The van der Waals surface area contributed by atoms with E-state index in [1.165, 1.54) is 5.56 Å². The molecule has 0 bridgehead atoms. The molecule has 112 valence electrons. The average molecular weight is 304 g/mol. The first-order chi connectivity index (χ1) is 10.2. The molecule has 0 saturated heterocycles. The van der Waals surface area contributed by atoms with Crippen molar-refractivity contribution in [1.82, 2.24) is 4.90 Å². The lowest BCUT2D eigenvalue weighted by atomic mass is 10.2. The lowest BCUT2D eigenvalue weighted by molar-refractivity contribution is 0.276. The predicted molar refractivity (Wildman–Crippen MR) is 89.0 cm³/mol. The standard InChI is InChI=1S/C18H22ClNO/c1-20(15-16-7-3-2-4-8-16)13-5-6-14-21-18-11-9-17(19)10-12-18/h2-4,7-12H,5-6,13-15H2,1H3. The molecule has 0 fully saturated rings. The first-order valence-corrected chi connectivity index (χ1v) is 7.73. The van der Waals surface area contributed by atoms with Crippen LogP contribution in [0.4, 0.5) is 0 Å². The zero-order valence-electron chi connectivity index (χ0n) is 12.5. The number of ether oxygens (including phenoxy) is 1. The summed E-state index contributed by atoms with van der Waals surface area (Å²) < 4.78 is 5.68. The van der Waals surface area contributed by atoms with Crippen LogP contribution in [0.15, 0.2) is 54.6 Å². The highest BCUT2D eigenvalue weighted by Crippen LogP contribution is 2.15. The van der Waals surface area contributed by atoms with Gasteiger partial charge in [0.25, 0.3) is 0 Å². The van der Waals surface area contributed by atoms with E-state index in [4.69, 9.17) is 16.3 Å². The summed E-state index contributed by atoms with van der Waals surface area (Å²) in [5.74, 6) is 0.886. The van der Waals surface area contributed by atoms with Crippen LogP contribution in [-0.2, 0) is 6.54 Å². The monoisotopic (exact) mass is 303 g/mol. The van der Waals surface area contributed by atoms with Crippen molar-refractivity contribution < 1.29 is 4.74 Å². The molecular formula is C18H22ClNO. The van der Waals surface area contributed by atoms with Crippen LogP contribution >= 0.6 is 11.6 Å². The molecule has 0 heterocycles. The van der Waals surface area contributed by atoms with Crippen LogP contribution in [0, 0.1) is 0 Å². The van der Waals surface area contributed by atoms with E-state index in [0.717, 1.165) is 43.3 Å². The second-order valence-electron chi connectivity index (χ2n) is 5.23. The summed E-state index contributed by atoms with van der Waals surface area (Å²) in [6, 6.07) is 18.1. The molecule has 0 aliphatic heterocycles. The number of nitrogens with zero attached hydrogens (tertiary/aromatic N) is 1. The third-order valence-electron chi connectivity index (χ3n) is 3.31. The summed E-state index contributed by atoms with van der Waals surface area (Å²) in [5.41, 5.74) is 1.36. The quantitative estimate of drug-likeness (QED) is 0.659. The predicted octanol–water partition coefficient (Wildman–Crippen LogP) is 4.63. The number of rotatable bonds is 8. The molecule has 0 amide bonds. The molecule has 2 rings (SSSR count). The van der Waals surface area contributed by atoms with E-state index in [-0.39, 0.29) is 0 Å². The van der Waals surface area contributed by atoms with Gasteiger partial charge >= 0.3 is 0 Å². The van der Waals surface area contributed by atoms with Gasteiger partial charge in [-0.3, -0.25) is 0 Å². The SMILES string of the molecule is CN(CCCCOc1ccc(Cl)cc1)Cc1ccccc1. The van der Waals surface area contributed by atoms with Gasteiger partial charge < -0.3 is 9.64 Å². The van der Waals surface area contributed by atoms with Gasteiger partial charge in [-0.05, 0) is 56.3 Å². The van der Waals surface area contributed by atoms with Crippen molar-refractivity contribution in [3.8, 4) is 5.75 Å². The van der Waals surface area contributed by atoms with Crippen LogP contribution in [0.1, 0.15) is 18.4 Å².